The van der Waals surface area contributed by atoms with Crippen LogP contribution in [0, 0.1) is 0 Å². The minimum Gasteiger partial charge on any atom is -0.493 e. The molecule has 0 fully saturated rings. The fourth-order valence-electron chi connectivity index (χ4n) is 3.34. The Labute approximate surface area is 194 Å². The summed E-state index contributed by atoms with van der Waals surface area (Å²) in [5, 5.41) is 6.38. The molecule has 0 spiro atoms. The van der Waals surface area contributed by atoms with Gasteiger partial charge in [-0.25, -0.2) is 5.43 Å². The molecule has 0 saturated heterocycles. The first kappa shape index (κ1) is 21.6. The van der Waals surface area contributed by atoms with Crippen LogP contribution in [0.25, 0.3) is 10.8 Å². The second-order valence-corrected chi connectivity index (χ2v) is 7.88. The van der Waals surface area contributed by atoms with E-state index in [9.17, 15) is 4.79 Å². The molecule has 4 aromatic carbocycles. The summed E-state index contributed by atoms with van der Waals surface area (Å²) in [6.45, 7) is 0.400. The van der Waals surface area contributed by atoms with E-state index in [4.69, 9.17) is 9.47 Å². The van der Waals surface area contributed by atoms with E-state index in [1.165, 1.54) is 5.39 Å². The Morgan fingerprint density at radius 3 is 2.56 bits per heavy atom. The fraction of sp³-hybridized carbons (Fsp3) is 0.0769. The zero-order chi connectivity index (χ0) is 22.3. The Kier molecular flexibility index (Phi) is 6.82. The first-order valence-electron chi connectivity index (χ1n) is 10.0. The zero-order valence-corrected chi connectivity index (χ0v) is 19.0. The summed E-state index contributed by atoms with van der Waals surface area (Å²) in [5.74, 6) is 0.893. The summed E-state index contributed by atoms with van der Waals surface area (Å²) >= 11 is 3.57. The summed E-state index contributed by atoms with van der Waals surface area (Å²) in [7, 11) is 1.59. The third-order valence-corrected chi connectivity index (χ3v) is 5.51. The van der Waals surface area contributed by atoms with E-state index in [2.05, 4.69) is 50.7 Å². The molecule has 0 aliphatic rings. The molecule has 5 nitrogen and oxygen atoms in total. The van der Waals surface area contributed by atoms with E-state index in [1.54, 1.807) is 43.7 Å². The van der Waals surface area contributed by atoms with Gasteiger partial charge in [-0.05, 0) is 62.1 Å². The Bertz CT molecular complexity index is 1270. The Hall–Kier alpha value is -3.64. The molecule has 0 atom stereocenters. The lowest BCUT2D eigenvalue weighted by atomic mass is 10.1. The van der Waals surface area contributed by atoms with Crippen molar-refractivity contribution < 1.29 is 14.3 Å². The van der Waals surface area contributed by atoms with Crippen LogP contribution in [0.4, 0.5) is 0 Å². The van der Waals surface area contributed by atoms with Crippen LogP contribution in [0.2, 0.25) is 0 Å². The number of carbonyl (C=O) groups is 1. The van der Waals surface area contributed by atoms with Gasteiger partial charge in [0.2, 0.25) is 0 Å². The average Bonchev–Trinajstić information content (AvgIpc) is 2.83. The summed E-state index contributed by atoms with van der Waals surface area (Å²) in [6, 6.07) is 27.0. The van der Waals surface area contributed by atoms with Gasteiger partial charge in [-0.3, -0.25) is 4.79 Å². The molecule has 0 aliphatic heterocycles. The van der Waals surface area contributed by atoms with Crippen molar-refractivity contribution in [3.05, 3.63) is 106 Å². The van der Waals surface area contributed by atoms with Crippen molar-refractivity contribution in [3.8, 4) is 11.5 Å². The van der Waals surface area contributed by atoms with Crippen LogP contribution in [0.5, 0.6) is 11.5 Å². The van der Waals surface area contributed by atoms with Crippen molar-refractivity contribution in [2.45, 2.75) is 6.61 Å². The predicted molar refractivity (Wildman–Crippen MR) is 130 cm³/mol. The lowest BCUT2D eigenvalue weighted by Crippen LogP contribution is -2.17. The zero-order valence-electron chi connectivity index (χ0n) is 17.4. The highest BCUT2D eigenvalue weighted by Gasteiger charge is 2.12. The van der Waals surface area contributed by atoms with Gasteiger partial charge in [0, 0.05) is 5.56 Å². The highest BCUT2D eigenvalue weighted by molar-refractivity contribution is 9.10. The van der Waals surface area contributed by atoms with E-state index in [-0.39, 0.29) is 5.91 Å². The highest BCUT2D eigenvalue weighted by atomic mass is 79.9. The maximum Gasteiger partial charge on any atom is 0.271 e. The molecular weight excluding hydrogens is 468 g/mol. The number of hydrazone groups is 1. The second kappa shape index (κ2) is 10.1. The van der Waals surface area contributed by atoms with Gasteiger partial charge in [0.1, 0.15) is 6.61 Å². The number of fused-ring (bicyclic) bond motifs is 1. The largest absolute Gasteiger partial charge is 0.493 e. The average molecular weight is 489 g/mol. The van der Waals surface area contributed by atoms with Gasteiger partial charge in [-0.1, -0.05) is 60.7 Å². The van der Waals surface area contributed by atoms with E-state index in [0.717, 1.165) is 21.0 Å². The number of methoxy groups -OCH3 is 1. The maximum atomic E-state index is 12.1. The molecule has 0 bridgehead atoms. The van der Waals surface area contributed by atoms with Gasteiger partial charge >= 0.3 is 0 Å². The molecule has 4 rings (SSSR count). The predicted octanol–water partition coefficient (Wildman–Crippen LogP) is 5.95. The third-order valence-electron chi connectivity index (χ3n) is 4.92. The number of hydrogen-bond donors (Lipinski definition) is 1. The molecule has 1 N–H and O–H groups in total. The number of benzene rings is 4. The number of amides is 1. The van der Waals surface area contributed by atoms with Gasteiger partial charge < -0.3 is 9.47 Å². The number of halogens is 1. The van der Waals surface area contributed by atoms with Gasteiger partial charge in [0.05, 0.1) is 17.8 Å². The summed E-state index contributed by atoms with van der Waals surface area (Å²) < 4.78 is 12.4. The van der Waals surface area contributed by atoms with E-state index in [1.807, 2.05) is 30.3 Å². The van der Waals surface area contributed by atoms with Crippen LogP contribution in [-0.4, -0.2) is 19.2 Å². The summed E-state index contributed by atoms with van der Waals surface area (Å²) in [6.07, 6.45) is 1.56. The molecule has 0 aromatic heterocycles. The Morgan fingerprint density at radius 2 is 1.75 bits per heavy atom. The van der Waals surface area contributed by atoms with Crippen molar-refractivity contribution in [2.75, 3.05) is 7.11 Å². The van der Waals surface area contributed by atoms with Gasteiger partial charge in [-0.15, -0.1) is 0 Å². The van der Waals surface area contributed by atoms with E-state index < -0.39 is 0 Å². The molecule has 0 unspecified atom stereocenters. The van der Waals surface area contributed by atoms with Crippen LogP contribution in [0.15, 0.2) is 94.5 Å². The molecule has 4 aromatic rings. The topological polar surface area (TPSA) is 59.9 Å². The molecular formula is C26H21BrN2O3. The van der Waals surface area contributed by atoms with Crippen molar-refractivity contribution in [1.82, 2.24) is 5.43 Å². The maximum absolute atomic E-state index is 12.1. The third kappa shape index (κ3) is 4.98. The number of rotatable bonds is 7. The first-order chi connectivity index (χ1) is 15.7. The Morgan fingerprint density at radius 1 is 1.00 bits per heavy atom. The first-order valence-corrected chi connectivity index (χ1v) is 10.8. The molecule has 32 heavy (non-hydrogen) atoms. The normalized spacial score (nSPS) is 10.9. The smallest absolute Gasteiger partial charge is 0.271 e. The number of nitrogens with zero attached hydrogens (tertiary/aromatic N) is 1. The van der Waals surface area contributed by atoms with Crippen LogP contribution < -0.4 is 14.9 Å². The highest BCUT2D eigenvalue weighted by Crippen LogP contribution is 2.37. The Balaban J connectivity index is 1.49. The standard InChI is InChI=1S/C26H21BrN2O3/c1-31-24-15-18(16-28-29-26(30)20-9-3-2-4-10-20)14-23(27)25(24)32-17-21-12-7-11-19-8-5-6-13-22(19)21/h2-16H,17H2,1H3,(H,29,30)/b28-16-. The van der Waals surface area contributed by atoms with Crippen molar-refractivity contribution in [2.24, 2.45) is 5.10 Å². The summed E-state index contributed by atoms with van der Waals surface area (Å²) in [5.41, 5.74) is 4.91. The van der Waals surface area contributed by atoms with Gasteiger partial charge in [-0.2, -0.15) is 5.10 Å². The number of carbonyl (C=O) groups excluding carboxylic acids is 1. The van der Waals surface area contributed by atoms with Crippen molar-refractivity contribution >= 4 is 38.8 Å². The van der Waals surface area contributed by atoms with Gasteiger partial charge in [0.25, 0.3) is 5.91 Å². The van der Waals surface area contributed by atoms with Crippen LogP contribution in [-0.2, 0) is 6.61 Å². The molecule has 160 valence electrons. The molecule has 0 saturated carbocycles. The SMILES string of the molecule is COc1cc(/C=N\NC(=O)c2ccccc2)cc(Br)c1OCc1cccc2ccccc12. The van der Waals surface area contributed by atoms with Crippen LogP contribution in [0.1, 0.15) is 21.5 Å². The van der Waals surface area contributed by atoms with Gasteiger partial charge in [0.15, 0.2) is 11.5 Å². The lowest BCUT2D eigenvalue weighted by molar-refractivity contribution is 0.0955. The molecule has 0 aliphatic carbocycles. The van der Waals surface area contributed by atoms with Crippen molar-refractivity contribution in [1.29, 1.82) is 0 Å². The van der Waals surface area contributed by atoms with E-state index >= 15 is 0 Å². The minimum atomic E-state index is -0.275. The number of nitrogens with one attached hydrogen (secondary N) is 1. The van der Waals surface area contributed by atoms with Crippen LogP contribution >= 0.6 is 15.9 Å². The molecule has 6 heteroatoms. The molecule has 0 radical (unpaired) electrons. The van der Waals surface area contributed by atoms with Crippen LogP contribution in [0.3, 0.4) is 0 Å². The fourth-order valence-corrected chi connectivity index (χ4v) is 3.92. The summed E-state index contributed by atoms with van der Waals surface area (Å²) in [4.78, 5) is 12.1. The quantitative estimate of drug-likeness (QED) is 0.258. The van der Waals surface area contributed by atoms with E-state index in [0.29, 0.717) is 23.7 Å². The van der Waals surface area contributed by atoms with Crippen molar-refractivity contribution in [3.63, 3.8) is 0 Å². The number of hydrogen-bond acceptors (Lipinski definition) is 4. The number of ether oxygens (including phenoxy) is 2. The monoisotopic (exact) mass is 488 g/mol. The molecule has 0 heterocycles. The lowest BCUT2D eigenvalue weighted by Gasteiger charge is -2.14. The molecule has 1 amide bonds. The minimum absolute atomic E-state index is 0.275. The second-order valence-electron chi connectivity index (χ2n) is 7.03.